The van der Waals surface area contributed by atoms with E-state index in [2.05, 4.69) is 25.5 Å². The Morgan fingerprint density at radius 1 is 1.42 bits per heavy atom. The monoisotopic (exact) mass is 280 g/mol. The normalized spacial score (nSPS) is 10.7. The van der Waals surface area contributed by atoms with Gasteiger partial charge < -0.3 is 5.32 Å². The van der Waals surface area contributed by atoms with Crippen molar-refractivity contribution in [3.63, 3.8) is 0 Å². The van der Waals surface area contributed by atoms with Crippen LogP contribution in [0.25, 0.3) is 0 Å². The molecule has 0 unspecified atom stereocenters. The van der Waals surface area contributed by atoms with E-state index in [1.165, 1.54) is 11.8 Å². The van der Waals surface area contributed by atoms with Gasteiger partial charge in [-0.1, -0.05) is 0 Å². The molecule has 0 atom stereocenters. The van der Waals surface area contributed by atoms with Gasteiger partial charge in [0.05, 0.1) is 0 Å². The zero-order chi connectivity index (χ0) is 13.8. The highest BCUT2D eigenvalue weighted by Gasteiger charge is 2.10. The van der Waals surface area contributed by atoms with E-state index in [0.29, 0.717) is 17.6 Å². The number of H-pyrrole nitrogens is 1. The summed E-state index contributed by atoms with van der Waals surface area (Å²) in [4.78, 5) is 20.1. The van der Waals surface area contributed by atoms with Gasteiger partial charge in [0.15, 0.2) is 5.16 Å². The molecule has 0 aliphatic rings. The second-order valence-electron chi connectivity index (χ2n) is 3.86. The molecule has 7 nitrogen and oxygen atoms in total. The largest absolute Gasteiger partial charge is 0.354 e. The third-order valence-corrected chi connectivity index (χ3v) is 3.31. The summed E-state index contributed by atoms with van der Waals surface area (Å²) >= 11 is 1.34. The van der Waals surface area contributed by atoms with Crippen LogP contribution in [0, 0.1) is 6.92 Å². The van der Waals surface area contributed by atoms with Gasteiger partial charge in [-0.25, -0.2) is 19.9 Å². The first-order chi connectivity index (χ1) is 9.13. The quantitative estimate of drug-likeness (QED) is 0.802. The second kappa shape index (κ2) is 5.87. The number of nitrogens with one attached hydrogen (secondary N) is 2. The number of hydrogen-bond donors (Lipinski definition) is 2. The highest BCUT2D eigenvalue weighted by molar-refractivity contribution is 7.99. The molecule has 2 aromatic heterocycles. The molecule has 2 aromatic rings. The third kappa shape index (κ3) is 3.14. The summed E-state index contributed by atoms with van der Waals surface area (Å²) in [6, 6.07) is 1.87. The van der Waals surface area contributed by atoms with Crippen LogP contribution < -0.4 is 11.0 Å². The Morgan fingerprint density at radius 2 is 2.21 bits per heavy atom. The Labute approximate surface area is 114 Å². The summed E-state index contributed by atoms with van der Waals surface area (Å²) in [6.07, 6.45) is 0. The minimum absolute atomic E-state index is 0.206. The lowest BCUT2D eigenvalue weighted by Crippen LogP contribution is -2.16. The first-order valence-corrected chi connectivity index (χ1v) is 6.88. The van der Waals surface area contributed by atoms with Crippen molar-refractivity contribution in [1.29, 1.82) is 0 Å². The number of anilines is 1. The summed E-state index contributed by atoms with van der Waals surface area (Å²) in [7, 11) is 0. The van der Waals surface area contributed by atoms with E-state index in [9.17, 15) is 4.79 Å². The van der Waals surface area contributed by atoms with Gasteiger partial charge in [0.2, 0.25) is 5.95 Å². The Balaban J connectivity index is 2.29. The van der Waals surface area contributed by atoms with Crippen LogP contribution in [-0.4, -0.2) is 31.3 Å². The van der Waals surface area contributed by atoms with E-state index in [0.717, 1.165) is 17.3 Å². The van der Waals surface area contributed by atoms with E-state index >= 15 is 0 Å². The van der Waals surface area contributed by atoms with Crippen molar-refractivity contribution in [2.24, 2.45) is 0 Å². The molecule has 0 aliphatic heterocycles. The second-order valence-corrected chi connectivity index (χ2v) is 4.85. The van der Waals surface area contributed by atoms with Gasteiger partial charge in [0.25, 0.3) is 0 Å². The minimum atomic E-state index is -0.206. The summed E-state index contributed by atoms with van der Waals surface area (Å²) < 4.78 is 1.56. The average Bonchev–Trinajstić information content (AvgIpc) is 2.69. The van der Waals surface area contributed by atoms with Crippen molar-refractivity contribution in [2.75, 3.05) is 11.9 Å². The van der Waals surface area contributed by atoms with E-state index in [1.807, 2.05) is 26.8 Å². The Bertz CT molecular complexity index is 620. The van der Waals surface area contributed by atoms with Crippen molar-refractivity contribution in [2.45, 2.75) is 37.5 Å². The molecule has 0 radical (unpaired) electrons. The van der Waals surface area contributed by atoms with Gasteiger partial charge in [-0.05, 0) is 38.6 Å². The summed E-state index contributed by atoms with van der Waals surface area (Å²) in [5.74, 6) is 0.589. The lowest BCUT2D eigenvalue weighted by Gasteiger charge is -2.06. The molecule has 0 spiro atoms. The molecule has 0 fully saturated rings. The zero-order valence-electron chi connectivity index (χ0n) is 11.1. The zero-order valence-corrected chi connectivity index (χ0v) is 11.9. The molecule has 0 amide bonds. The van der Waals surface area contributed by atoms with Crippen LogP contribution in [0.15, 0.2) is 21.0 Å². The topological polar surface area (TPSA) is 88.5 Å². The van der Waals surface area contributed by atoms with Crippen molar-refractivity contribution in [3.8, 4) is 0 Å². The Hall–Kier alpha value is -1.83. The van der Waals surface area contributed by atoms with Gasteiger partial charge in [0.1, 0.15) is 5.03 Å². The molecule has 0 bridgehead atoms. The molecule has 2 rings (SSSR count). The molecule has 0 saturated carbocycles. The minimum Gasteiger partial charge on any atom is -0.354 e. The number of hydrogen-bond acceptors (Lipinski definition) is 6. The number of nitrogens with zero attached hydrogens (tertiary/aromatic N) is 4. The lowest BCUT2D eigenvalue weighted by molar-refractivity contribution is 0.660. The summed E-state index contributed by atoms with van der Waals surface area (Å²) in [5, 5.41) is 10.9. The van der Waals surface area contributed by atoms with E-state index in [1.54, 1.807) is 4.57 Å². The molecule has 0 saturated heterocycles. The standard InChI is InChI=1S/C11H16N6OS/c1-4-12-9-13-7(3)6-8(14-9)19-11-16-15-10(18)17(11)5-2/h6H,4-5H2,1-3H3,(H,15,18)(H,12,13,14). The average molecular weight is 280 g/mol. The molecule has 2 heterocycles. The summed E-state index contributed by atoms with van der Waals surface area (Å²) in [5.41, 5.74) is 0.664. The highest BCUT2D eigenvalue weighted by Crippen LogP contribution is 2.24. The maximum absolute atomic E-state index is 11.5. The molecule has 8 heteroatoms. The van der Waals surface area contributed by atoms with Gasteiger partial charge in [-0.3, -0.25) is 4.57 Å². The van der Waals surface area contributed by atoms with Crippen LogP contribution in [0.2, 0.25) is 0 Å². The van der Waals surface area contributed by atoms with Gasteiger partial charge in [-0.15, -0.1) is 5.10 Å². The molecule has 0 aliphatic carbocycles. The highest BCUT2D eigenvalue weighted by atomic mass is 32.2. The van der Waals surface area contributed by atoms with E-state index in [-0.39, 0.29) is 5.69 Å². The first kappa shape index (κ1) is 13.6. The van der Waals surface area contributed by atoms with Crippen LogP contribution in [0.1, 0.15) is 19.5 Å². The summed E-state index contributed by atoms with van der Waals surface area (Å²) in [6.45, 7) is 7.12. The predicted molar refractivity (Wildman–Crippen MR) is 73.6 cm³/mol. The van der Waals surface area contributed by atoms with E-state index < -0.39 is 0 Å². The fourth-order valence-electron chi connectivity index (χ4n) is 1.58. The number of aromatic amines is 1. The molecule has 0 aromatic carbocycles. The first-order valence-electron chi connectivity index (χ1n) is 6.06. The molecular formula is C11H16N6OS. The van der Waals surface area contributed by atoms with E-state index in [4.69, 9.17) is 0 Å². The molecule has 2 N–H and O–H groups in total. The maximum Gasteiger partial charge on any atom is 0.343 e. The maximum atomic E-state index is 11.5. The third-order valence-electron chi connectivity index (χ3n) is 2.40. The van der Waals surface area contributed by atoms with Gasteiger partial charge in [0, 0.05) is 18.8 Å². The SMILES string of the molecule is CCNc1nc(C)cc(Sc2n[nH]c(=O)n2CC)n1. The van der Waals surface area contributed by atoms with Crippen LogP contribution >= 0.6 is 11.8 Å². The molecule has 102 valence electrons. The van der Waals surface area contributed by atoms with Crippen molar-refractivity contribution < 1.29 is 0 Å². The Kier molecular flexibility index (Phi) is 4.20. The fourth-order valence-corrected chi connectivity index (χ4v) is 2.54. The van der Waals surface area contributed by atoms with Crippen LogP contribution in [-0.2, 0) is 6.54 Å². The van der Waals surface area contributed by atoms with Crippen LogP contribution in [0.5, 0.6) is 0 Å². The van der Waals surface area contributed by atoms with Crippen molar-refractivity contribution >= 4 is 17.7 Å². The van der Waals surface area contributed by atoms with Crippen molar-refractivity contribution in [1.82, 2.24) is 24.7 Å². The molecule has 19 heavy (non-hydrogen) atoms. The Morgan fingerprint density at radius 3 is 2.89 bits per heavy atom. The smallest absolute Gasteiger partial charge is 0.343 e. The number of rotatable bonds is 5. The number of aromatic nitrogens is 5. The fraction of sp³-hybridized carbons (Fsp3) is 0.455. The van der Waals surface area contributed by atoms with Crippen LogP contribution in [0.4, 0.5) is 5.95 Å². The van der Waals surface area contributed by atoms with Crippen molar-refractivity contribution in [3.05, 3.63) is 22.2 Å². The van der Waals surface area contributed by atoms with Crippen LogP contribution in [0.3, 0.4) is 0 Å². The predicted octanol–water partition coefficient (Wildman–Crippen LogP) is 1.27. The van der Waals surface area contributed by atoms with Gasteiger partial charge in [-0.2, -0.15) is 0 Å². The molecular weight excluding hydrogens is 264 g/mol. The van der Waals surface area contributed by atoms with Gasteiger partial charge >= 0.3 is 5.69 Å². The number of aryl methyl sites for hydroxylation is 1. The lowest BCUT2D eigenvalue weighted by atomic mass is 10.5.